The molecule has 0 amide bonds. The standard InChI is InChI=1S/C14H28O2/c1-11(2)15-9-13-5-7-14(8-6-13)10-16-12(3)4/h11-14H,5-10H2,1-4H3. The SMILES string of the molecule is CC(C)OCC1CCC(COC(C)C)CC1. The van der Waals surface area contributed by atoms with E-state index in [0.717, 1.165) is 25.0 Å². The summed E-state index contributed by atoms with van der Waals surface area (Å²) in [6.07, 6.45) is 6.03. The molecule has 1 aliphatic rings. The molecule has 0 bridgehead atoms. The highest BCUT2D eigenvalue weighted by Gasteiger charge is 2.21. The van der Waals surface area contributed by atoms with Gasteiger partial charge in [-0.05, 0) is 65.2 Å². The molecule has 1 aliphatic carbocycles. The Hall–Kier alpha value is -0.0800. The molecule has 0 aromatic heterocycles. The Bertz CT molecular complexity index is 150. The predicted octanol–water partition coefficient (Wildman–Crippen LogP) is 3.64. The molecule has 2 nitrogen and oxygen atoms in total. The molecule has 1 saturated carbocycles. The second-order valence-corrected chi connectivity index (χ2v) is 5.65. The fraction of sp³-hybridized carbons (Fsp3) is 1.00. The van der Waals surface area contributed by atoms with Crippen LogP contribution < -0.4 is 0 Å². The van der Waals surface area contributed by atoms with Crippen molar-refractivity contribution in [2.75, 3.05) is 13.2 Å². The Balaban J connectivity index is 2.09. The lowest BCUT2D eigenvalue weighted by Crippen LogP contribution is -2.23. The van der Waals surface area contributed by atoms with E-state index in [1.165, 1.54) is 25.7 Å². The molecular weight excluding hydrogens is 200 g/mol. The number of hydrogen-bond acceptors (Lipinski definition) is 2. The maximum Gasteiger partial charge on any atom is 0.0519 e. The van der Waals surface area contributed by atoms with Crippen LogP contribution in [0.3, 0.4) is 0 Å². The summed E-state index contributed by atoms with van der Waals surface area (Å²) >= 11 is 0. The lowest BCUT2D eigenvalue weighted by Gasteiger charge is -2.29. The summed E-state index contributed by atoms with van der Waals surface area (Å²) in [5, 5.41) is 0. The van der Waals surface area contributed by atoms with Crippen molar-refractivity contribution < 1.29 is 9.47 Å². The third kappa shape index (κ3) is 5.86. The van der Waals surface area contributed by atoms with Crippen LogP contribution in [-0.2, 0) is 9.47 Å². The van der Waals surface area contributed by atoms with Crippen molar-refractivity contribution in [3.05, 3.63) is 0 Å². The zero-order chi connectivity index (χ0) is 12.0. The first-order valence-corrected chi connectivity index (χ1v) is 6.81. The molecule has 2 heteroatoms. The quantitative estimate of drug-likeness (QED) is 0.691. The summed E-state index contributed by atoms with van der Waals surface area (Å²) < 4.78 is 11.4. The van der Waals surface area contributed by atoms with Gasteiger partial charge in [-0.3, -0.25) is 0 Å². The van der Waals surface area contributed by atoms with Gasteiger partial charge < -0.3 is 9.47 Å². The molecule has 0 aliphatic heterocycles. The minimum Gasteiger partial charge on any atom is -0.379 e. The van der Waals surface area contributed by atoms with E-state index in [1.807, 2.05) is 0 Å². The van der Waals surface area contributed by atoms with Crippen LogP contribution in [0.15, 0.2) is 0 Å². The van der Waals surface area contributed by atoms with Crippen molar-refractivity contribution in [1.29, 1.82) is 0 Å². The fourth-order valence-corrected chi connectivity index (χ4v) is 2.22. The number of rotatable bonds is 6. The second-order valence-electron chi connectivity index (χ2n) is 5.65. The van der Waals surface area contributed by atoms with Gasteiger partial charge in [0.15, 0.2) is 0 Å². The maximum absolute atomic E-state index is 5.68. The topological polar surface area (TPSA) is 18.5 Å². The highest BCUT2D eigenvalue weighted by atomic mass is 16.5. The Kier molecular flexibility index (Phi) is 6.37. The lowest BCUT2D eigenvalue weighted by atomic mass is 9.83. The summed E-state index contributed by atoms with van der Waals surface area (Å²) in [6, 6.07) is 0. The Morgan fingerprint density at radius 2 is 1.06 bits per heavy atom. The molecule has 0 spiro atoms. The molecule has 96 valence electrons. The monoisotopic (exact) mass is 228 g/mol. The van der Waals surface area contributed by atoms with Crippen molar-refractivity contribution in [2.45, 2.75) is 65.6 Å². The van der Waals surface area contributed by atoms with Crippen LogP contribution in [0.25, 0.3) is 0 Å². The van der Waals surface area contributed by atoms with Crippen LogP contribution in [0.5, 0.6) is 0 Å². The Labute approximate surface area is 101 Å². The normalized spacial score (nSPS) is 26.6. The van der Waals surface area contributed by atoms with E-state index < -0.39 is 0 Å². The summed E-state index contributed by atoms with van der Waals surface area (Å²) in [5.41, 5.74) is 0. The van der Waals surface area contributed by atoms with Gasteiger partial charge >= 0.3 is 0 Å². The molecule has 0 heterocycles. The minimum atomic E-state index is 0.377. The Morgan fingerprint density at radius 1 is 0.750 bits per heavy atom. The summed E-state index contributed by atoms with van der Waals surface area (Å²) in [5.74, 6) is 1.58. The van der Waals surface area contributed by atoms with E-state index >= 15 is 0 Å². The molecule has 0 unspecified atom stereocenters. The summed E-state index contributed by atoms with van der Waals surface area (Å²) in [6.45, 7) is 10.4. The summed E-state index contributed by atoms with van der Waals surface area (Å²) in [7, 11) is 0. The van der Waals surface area contributed by atoms with E-state index in [4.69, 9.17) is 9.47 Å². The third-order valence-electron chi connectivity index (χ3n) is 3.30. The minimum absolute atomic E-state index is 0.377. The molecule has 0 radical (unpaired) electrons. The Morgan fingerprint density at radius 3 is 1.31 bits per heavy atom. The first kappa shape index (κ1) is 14.0. The predicted molar refractivity (Wildman–Crippen MR) is 67.6 cm³/mol. The fourth-order valence-electron chi connectivity index (χ4n) is 2.22. The first-order chi connectivity index (χ1) is 7.58. The van der Waals surface area contributed by atoms with Crippen molar-refractivity contribution >= 4 is 0 Å². The molecule has 0 atom stereocenters. The van der Waals surface area contributed by atoms with Crippen molar-refractivity contribution in [2.24, 2.45) is 11.8 Å². The smallest absolute Gasteiger partial charge is 0.0519 e. The molecular formula is C14H28O2. The largest absolute Gasteiger partial charge is 0.379 e. The van der Waals surface area contributed by atoms with Gasteiger partial charge in [0.25, 0.3) is 0 Å². The first-order valence-electron chi connectivity index (χ1n) is 6.81. The zero-order valence-corrected chi connectivity index (χ0v) is 11.4. The van der Waals surface area contributed by atoms with Gasteiger partial charge in [-0.25, -0.2) is 0 Å². The molecule has 0 saturated heterocycles. The van der Waals surface area contributed by atoms with Crippen LogP contribution in [0.2, 0.25) is 0 Å². The van der Waals surface area contributed by atoms with Crippen LogP contribution in [0, 0.1) is 11.8 Å². The van der Waals surface area contributed by atoms with E-state index in [0.29, 0.717) is 12.2 Å². The van der Waals surface area contributed by atoms with Crippen LogP contribution in [0.4, 0.5) is 0 Å². The van der Waals surface area contributed by atoms with Gasteiger partial charge in [0.1, 0.15) is 0 Å². The third-order valence-corrected chi connectivity index (χ3v) is 3.30. The van der Waals surface area contributed by atoms with E-state index in [9.17, 15) is 0 Å². The average Bonchev–Trinajstić information content (AvgIpc) is 2.25. The number of ether oxygens (including phenoxy) is 2. The molecule has 0 aromatic rings. The highest BCUT2D eigenvalue weighted by Crippen LogP contribution is 2.29. The van der Waals surface area contributed by atoms with Gasteiger partial charge in [-0.1, -0.05) is 0 Å². The van der Waals surface area contributed by atoms with E-state index in [-0.39, 0.29) is 0 Å². The maximum atomic E-state index is 5.68. The second kappa shape index (κ2) is 7.29. The molecule has 0 N–H and O–H groups in total. The van der Waals surface area contributed by atoms with E-state index in [2.05, 4.69) is 27.7 Å². The number of hydrogen-bond donors (Lipinski definition) is 0. The molecule has 0 aromatic carbocycles. The highest BCUT2D eigenvalue weighted by molar-refractivity contribution is 4.72. The van der Waals surface area contributed by atoms with Gasteiger partial charge in [0.05, 0.1) is 12.2 Å². The van der Waals surface area contributed by atoms with Crippen molar-refractivity contribution in [1.82, 2.24) is 0 Å². The van der Waals surface area contributed by atoms with Gasteiger partial charge in [-0.15, -0.1) is 0 Å². The van der Waals surface area contributed by atoms with Gasteiger partial charge in [0, 0.05) is 13.2 Å². The van der Waals surface area contributed by atoms with Gasteiger partial charge in [0.2, 0.25) is 0 Å². The van der Waals surface area contributed by atoms with Crippen LogP contribution >= 0.6 is 0 Å². The van der Waals surface area contributed by atoms with E-state index in [1.54, 1.807) is 0 Å². The summed E-state index contributed by atoms with van der Waals surface area (Å²) in [4.78, 5) is 0. The lowest BCUT2D eigenvalue weighted by molar-refractivity contribution is 0.0129. The molecule has 1 rings (SSSR count). The molecule has 16 heavy (non-hydrogen) atoms. The zero-order valence-electron chi connectivity index (χ0n) is 11.4. The van der Waals surface area contributed by atoms with Crippen LogP contribution in [-0.4, -0.2) is 25.4 Å². The molecule has 1 fully saturated rings. The average molecular weight is 228 g/mol. The van der Waals surface area contributed by atoms with Crippen LogP contribution in [0.1, 0.15) is 53.4 Å². The van der Waals surface area contributed by atoms with Crippen molar-refractivity contribution in [3.63, 3.8) is 0 Å². The van der Waals surface area contributed by atoms with Gasteiger partial charge in [-0.2, -0.15) is 0 Å². The van der Waals surface area contributed by atoms with Crippen molar-refractivity contribution in [3.8, 4) is 0 Å².